The van der Waals surface area contributed by atoms with Gasteiger partial charge in [0.2, 0.25) is 0 Å². The highest BCUT2D eigenvalue weighted by atomic mass is 32.1. The van der Waals surface area contributed by atoms with Gasteiger partial charge in [0.15, 0.2) is 0 Å². The van der Waals surface area contributed by atoms with Crippen molar-refractivity contribution in [2.75, 3.05) is 26.2 Å². The Morgan fingerprint density at radius 2 is 2.29 bits per heavy atom. The first-order valence-electron chi connectivity index (χ1n) is 8.17. The van der Waals surface area contributed by atoms with Crippen molar-refractivity contribution in [3.8, 4) is 0 Å². The van der Waals surface area contributed by atoms with Crippen molar-refractivity contribution in [1.82, 2.24) is 10.2 Å². The predicted molar refractivity (Wildman–Crippen MR) is 90.9 cm³/mol. The monoisotopic (exact) mass is 310 g/mol. The fourth-order valence-corrected chi connectivity index (χ4v) is 3.80. The highest BCUT2D eigenvalue weighted by Crippen LogP contribution is 2.23. The highest BCUT2D eigenvalue weighted by Gasteiger charge is 2.16. The molecule has 1 aromatic rings. The van der Waals surface area contributed by atoms with Crippen LogP contribution in [0.4, 0.5) is 0 Å². The van der Waals surface area contributed by atoms with Crippen LogP contribution in [0, 0.1) is 12.8 Å². The van der Waals surface area contributed by atoms with Crippen LogP contribution in [0.15, 0.2) is 6.07 Å². The van der Waals surface area contributed by atoms with E-state index in [1.54, 1.807) is 0 Å². The Morgan fingerprint density at radius 3 is 3.05 bits per heavy atom. The third-order valence-corrected chi connectivity index (χ3v) is 4.95. The normalized spacial score (nSPS) is 20.9. The second kappa shape index (κ2) is 8.28. The largest absolute Gasteiger partial charge is 0.377 e. The molecule has 1 unspecified atom stereocenters. The predicted octanol–water partition coefficient (Wildman–Crippen LogP) is 3.41. The number of thiophene rings is 1. The molecule has 1 aliphatic heterocycles. The van der Waals surface area contributed by atoms with E-state index < -0.39 is 0 Å². The molecule has 0 spiro atoms. The van der Waals surface area contributed by atoms with Crippen LogP contribution in [0.5, 0.6) is 0 Å². The molecule has 1 aromatic heterocycles. The number of rotatable bonds is 6. The molecule has 0 aliphatic carbocycles. The maximum Gasteiger partial charge on any atom is 0.0674 e. The molecule has 2 rings (SSSR count). The number of nitrogens with one attached hydrogen (secondary N) is 1. The average Bonchev–Trinajstić information content (AvgIpc) is 2.62. The molecule has 2 heterocycles. The van der Waals surface area contributed by atoms with Gasteiger partial charge >= 0.3 is 0 Å². The Balaban J connectivity index is 1.89. The maximum absolute atomic E-state index is 5.73. The molecule has 1 aliphatic rings. The van der Waals surface area contributed by atoms with Gasteiger partial charge in [0, 0.05) is 42.5 Å². The molecular formula is C17H30N2OS. The topological polar surface area (TPSA) is 24.5 Å². The first-order chi connectivity index (χ1) is 10.0. The molecule has 120 valence electrons. The zero-order valence-electron chi connectivity index (χ0n) is 13.9. The van der Waals surface area contributed by atoms with Crippen LogP contribution in [-0.4, -0.2) is 37.2 Å². The number of hydrogen-bond donors (Lipinski definition) is 1. The maximum atomic E-state index is 5.73. The molecule has 1 N–H and O–H groups in total. The number of ether oxygens (including phenoxy) is 1. The zero-order chi connectivity index (χ0) is 15.2. The van der Waals surface area contributed by atoms with Gasteiger partial charge in [0.1, 0.15) is 0 Å². The summed E-state index contributed by atoms with van der Waals surface area (Å²) in [5.41, 5.74) is 1.50. The van der Waals surface area contributed by atoms with E-state index in [4.69, 9.17) is 4.74 Å². The van der Waals surface area contributed by atoms with Crippen LogP contribution in [0.3, 0.4) is 0 Å². The number of aryl methyl sites for hydroxylation is 1. The van der Waals surface area contributed by atoms with Gasteiger partial charge in [0.05, 0.1) is 6.10 Å². The van der Waals surface area contributed by atoms with E-state index in [1.807, 2.05) is 11.3 Å². The van der Waals surface area contributed by atoms with Gasteiger partial charge < -0.3 is 10.1 Å². The minimum Gasteiger partial charge on any atom is -0.377 e. The molecule has 0 saturated carbocycles. The lowest BCUT2D eigenvalue weighted by molar-refractivity contribution is 0.0668. The molecule has 0 radical (unpaired) electrons. The Bertz CT molecular complexity index is 430. The lowest BCUT2D eigenvalue weighted by Gasteiger charge is -2.21. The molecule has 4 heteroatoms. The summed E-state index contributed by atoms with van der Waals surface area (Å²) < 4.78 is 5.73. The van der Waals surface area contributed by atoms with Gasteiger partial charge in [-0.25, -0.2) is 0 Å². The van der Waals surface area contributed by atoms with E-state index in [1.165, 1.54) is 15.3 Å². The molecule has 0 amide bonds. The van der Waals surface area contributed by atoms with Gasteiger partial charge in [-0.05, 0) is 44.4 Å². The van der Waals surface area contributed by atoms with Crippen LogP contribution in [0.1, 0.15) is 42.5 Å². The number of nitrogens with zero attached hydrogens (tertiary/aromatic N) is 1. The standard InChI is InChI=1S/C17H30N2OS/c1-13(2)9-18-10-17-8-16(15(4)21-17)12-19-6-5-7-20-14(3)11-19/h8,13-14,18H,5-7,9-12H2,1-4H3. The van der Waals surface area contributed by atoms with Gasteiger partial charge in [-0.1, -0.05) is 13.8 Å². The summed E-state index contributed by atoms with van der Waals surface area (Å²) >= 11 is 1.94. The smallest absolute Gasteiger partial charge is 0.0674 e. The summed E-state index contributed by atoms with van der Waals surface area (Å²) in [6.07, 6.45) is 1.51. The Hall–Kier alpha value is -0.420. The fourth-order valence-electron chi connectivity index (χ4n) is 2.78. The van der Waals surface area contributed by atoms with Crippen LogP contribution in [0.2, 0.25) is 0 Å². The second-order valence-corrected chi connectivity index (χ2v) is 7.93. The van der Waals surface area contributed by atoms with E-state index in [0.717, 1.165) is 45.8 Å². The summed E-state index contributed by atoms with van der Waals surface area (Å²) in [6, 6.07) is 2.39. The summed E-state index contributed by atoms with van der Waals surface area (Å²) in [5, 5.41) is 3.54. The SMILES string of the molecule is Cc1sc(CNCC(C)C)cc1CN1CCCOC(C)C1. The van der Waals surface area contributed by atoms with E-state index in [9.17, 15) is 0 Å². The summed E-state index contributed by atoms with van der Waals surface area (Å²) in [4.78, 5) is 5.47. The zero-order valence-corrected chi connectivity index (χ0v) is 14.8. The first kappa shape index (κ1) is 16.9. The summed E-state index contributed by atoms with van der Waals surface area (Å²) in [6.45, 7) is 15.2. The third kappa shape index (κ3) is 5.70. The lowest BCUT2D eigenvalue weighted by atomic mass is 10.2. The Kier molecular flexibility index (Phi) is 6.68. The summed E-state index contributed by atoms with van der Waals surface area (Å²) in [5.74, 6) is 0.712. The van der Waals surface area contributed by atoms with Crippen LogP contribution < -0.4 is 5.32 Å². The molecule has 1 fully saturated rings. The quantitative estimate of drug-likeness (QED) is 0.871. The fraction of sp³-hybridized carbons (Fsp3) is 0.765. The molecule has 0 aromatic carbocycles. The van der Waals surface area contributed by atoms with Crippen molar-refractivity contribution in [3.63, 3.8) is 0 Å². The van der Waals surface area contributed by atoms with Crippen molar-refractivity contribution in [2.24, 2.45) is 5.92 Å². The van der Waals surface area contributed by atoms with Crippen LogP contribution >= 0.6 is 11.3 Å². The molecule has 1 atom stereocenters. The van der Waals surface area contributed by atoms with Crippen molar-refractivity contribution < 1.29 is 4.74 Å². The van der Waals surface area contributed by atoms with Gasteiger partial charge in [-0.3, -0.25) is 4.90 Å². The number of hydrogen-bond acceptors (Lipinski definition) is 4. The van der Waals surface area contributed by atoms with Gasteiger partial charge in [-0.2, -0.15) is 0 Å². The van der Waals surface area contributed by atoms with Crippen LogP contribution in [-0.2, 0) is 17.8 Å². The first-order valence-corrected chi connectivity index (χ1v) is 8.99. The van der Waals surface area contributed by atoms with Gasteiger partial charge in [0.25, 0.3) is 0 Å². The minimum atomic E-state index is 0.360. The lowest BCUT2D eigenvalue weighted by Crippen LogP contribution is -2.29. The van der Waals surface area contributed by atoms with Crippen molar-refractivity contribution in [3.05, 3.63) is 21.4 Å². The minimum absolute atomic E-state index is 0.360. The average molecular weight is 311 g/mol. The van der Waals surface area contributed by atoms with Crippen molar-refractivity contribution >= 4 is 11.3 Å². The highest BCUT2D eigenvalue weighted by molar-refractivity contribution is 7.12. The van der Waals surface area contributed by atoms with E-state index in [-0.39, 0.29) is 0 Å². The van der Waals surface area contributed by atoms with Gasteiger partial charge in [-0.15, -0.1) is 11.3 Å². The summed E-state index contributed by atoms with van der Waals surface area (Å²) in [7, 11) is 0. The van der Waals surface area contributed by atoms with E-state index >= 15 is 0 Å². The molecule has 3 nitrogen and oxygen atoms in total. The van der Waals surface area contributed by atoms with Crippen molar-refractivity contribution in [1.29, 1.82) is 0 Å². The second-order valence-electron chi connectivity index (χ2n) is 6.59. The molecule has 21 heavy (non-hydrogen) atoms. The molecule has 0 bridgehead atoms. The molecule has 1 saturated heterocycles. The molecular weight excluding hydrogens is 280 g/mol. The Labute approximate surface area is 133 Å². The van der Waals surface area contributed by atoms with Crippen LogP contribution in [0.25, 0.3) is 0 Å². The van der Waals surface area contributed by atoms with E-state index in [0.29, 0.717) is 12.0 Å². The third-order valence-electron chi connectivity index (χ3n) is 3.85. The van der Waals surface area contributed by atoms with E-state index in [2.05, 4.69) is 44.0 Å². The van der Waals surface area contributed by atoms with Crippen molar-refractivity contribution in [2.45, 2.75) is 53.3 Å². The Morgan fingerprint density at radius 1 is 1.48 bits per heavy atom.